The Kier molecular flexibility index (Phi) is 3.15. The summed E-state index contributed by atoms with van der Waals surface area (Å²) in [6.07, 6.45) is 3.79. The van der Waals surface area contributed by atoms with Crippen LogP contribution in [0.25, 0.3) is 10.8 Å². The zero-order valence-electron chi connectivity index (χ0n) is 10.9. The van der Waals surface area contributed by atoms with Gasteiger partial charge in [0.05, 0.1) is 11.7 Å². The van der Waals surface area contributed by atoms with E-state index in [9.17, 15) is 0 Å². The summed E-state index contributed by atoms with van der Waals surface area (Å²) in [5.41, 5.74) is 2.27. The van der Waals surface area contributed by atoms with E-state index in [0.717, 1.165) is 5.69 Å². The molecule has 94 valence electrons. The van der Waals surface area contributed by atoms with Crippen molar-refractivity contribution in [3.05, 3.63) is 72.1 Å². The van der Waals surface area contributed by atoms with Crippen molar-refractivity contribution in [3.8, 4) is 0 Å². The predicted molar refractivity (Wildman–Crippen MR) is 80.7 cm³/mol. The Morgan fingerprint density at radius 2 is 1.84 bits per heavy atom. The quantitative estimate of drug-likeness (QED) is 0.668. The fourth-order valence-corrected chi connectivity index (χ4v) is 2.17. The van der Waals surface area contributed by atoms with Gasteiger partial charge in [0.2, 0.25) is 0 Å². The highest BCUT2D eigenvalue weighted by atomic mass is 14.8. The van der Waals surface area contributed by atoms with Gasteiger partial charge in [-0.15, -0.1) is 0 Å². The van der Waals surface area contributed by atoms with Crippen LogP contribution in [0.2, 0.25) is 0 Å². The van der Waals surface area contributed by atoms with Gasteiger partial charge in [-0.05, 0) is 41.5 Å². The molecule has 1 atom stereocenters. The predicted octanol–water partition coefficient (Wildman–Crippen LogP) is 4.35. The molecular weight excluding hydrogens is 232 g/mol. The molecule has 3 aromatic rings. The minimum Gasteiger partial charge on any atom is -0.360 e. The van der Waals surface area contributed by atoms with Gasteiger partial charge >= 0.3 is 0 Å². The molecular formula is C17H16N2. The maximum atomic E-state index is 4.59. The fourth-order valence-electron chi connectivity index (χ4n) is 2.17. The summed E-state index contributed by atoms with van der Waals surface area (Å²) >= 11 is 0. The second-order valence-corrected chi connectivity index (χ2v) is 4.69. The minimum atomic E-state index is 0.160. The van der Waals surface area contributed by atoms with Gasteiger partial charge in [-0.25, -0.2) is 0 Å². The molecule has 0 saturated carbocycles. The molecule has 0 bridgehead atoms. The van der Waals surface area contributed by atoms with Gasteiger partial charge in [-0.2, -0.15) is 0 Å². The summed E-state index contributed by atoms with van der Waals surface area (Å²) < 4.78 is 0. The highest BCUT2D eigenvalue weighted by Gasteiger charge is 2.03. The summed E-state index contributed by atoms with van der Waals surface area (Å²) in [7, 11) is 0. The Morgan fingerprint density at radius 3 is 2.63 bits per heavy atom. The third kappa shape index (κ3) is 2.58. The van der Waals surface area contributed by atoms with E-state index in [4.69, 9.17) is 0 Å². The molecule has 0 saturated heterocycles. The minimum absolute atomic E-state index is 0.160. The van der Waals surface area contributed by atoms with Crippen molar-refractivity contribution in [3.63, 3.8) is 0 Å². The molecule has 0 unspecified atom stereocenters. The normalized spacial score (nSPS) is 13.1. The Hall–Kier alpha value is -2.35. The molecule has 0 aliphatic heterocycles. The molecule has 2 aromatic carbocycles. The molecule has 2 nitrogen and oxygen atoms in total. The second kappa shape index (κ2) is 5.11. The van der Waals surface area contributed by atoms with Gasteiger partial charge < -0.3 is 4.98 Å². The third-order valence-corrected chi connectivity index (χ3v) is 3.32. The van der Waals surface area contributed by atoms with Crippen LogP contribution in [0.15, 0.2) is 65.8 Å². The first-order chi connectivity index (χ1) is 9.33. The van der Waals surface area contributed by atoms with Crippen molar-refractivity contribution in [2.24, 2.45) is 4.99 Å². The SMILES string of the molecule is C[C@@H](N=Cc1ccc[nH]1)c1ccc2ccccc2c1. The molecule has 1 N–H and O–H groups in total. The molecule has 3 rings (SSSR count). The van der Waals surface area contributed by atoms with Crippen molar-refractivity contribution in [2.45, 2.75) is 13.0 Å². The Morgan fingerprint density at radius 1 is 1.00 bits per heavy atom. The van der Waals surface area contributed by atoms with Gasteiger partial charge in [0, 0.05) is 12.4 Å². The van der Waals surface area contributed by atoms with Crippen LogP contribution in [0.4, 0.5) is 0 Å². The van der Waals surface area contributed by atoms with E-state index in [2.05, 4.69) is 59.4 Å². The van der Waals surface area contributed by atoms with E-state index in [-0.39, 0.29) is 6.04 Å². The first-order valence-electron chi connectivity index (χ1n) is 6.48. The number of nitrogens with zero attached hydrogens (tertiary/aromatic N) is 1. The van der Waals surface area contributed by atoms with Crippen molar-refractivity contribution in [2.75, 3.05) is 0 Å². The number of hydrogen-bond donors (Lipinski definition) is 1. The van der Waals surface area contributed by atoms with Crippen LogP contribution in [0.3, 0.4) is 0 Å². The number of aromatic amines is 1. The molecule has 0 fully saturated rings. The van der Waals surface area contributed by atoms with Gasteiger partial charge in [0.1, 0.15) is 0 Å². The highest BCUT2D eigenvalue weighted by Crippen LogP contribution is 2.22. The molecule has 1 heterocycles. The average molecular weight is 248 g/mol. The number of rotatable bonds is 3. The van der Waals surface area contributed by atoms with Crippen LogP contribution in [0, 0.1) is 0 Å². The summed E-state index contributed by atoms with van der Waals surface area (Å²) in [5.74, 6) is 0. The van der Waals surface area contributed by atoms with E-state index in [1.54, 1.807) is 0 Å². The van der Waals surface area contributed by atoms with Crippen LogP contribution in [-0.4, -0.2) is 11.2 Å². The third-order valence-electron chi connectivity index (χ3n) is 3.32. The van der Waals surface area contributed by atoms with E-state index in [1.165, 1.54) is 16.3 Å². The highest BCUT2D eigenvalue weighted by molar-refractivity contribution is 5.83. The fraction of sp³-hybridized carbons (Fsp3) is 0.118. The van der Waals surface area contributed by atoms with Crippen LogP contribution < -0.4 is 0 Å². The van der Waals surface area contributed by atoms with Gasteiger partial charge in [-0.1, -0.05) is 36.4 Å². The molecule has 1 aromatic heterocycles. The molecule has 0 amide bonds. The summed E-state index contributed by atoms with van der Waals surface area (Å²) in [5, 5.41) is 2.54. The number of H-pyrrole nitrogens is 1. The topological polar surface area (TPSA) is 28.1 Å². The molecule has 19 heavy (non-hydrogen) atoms. The number of benzene rings is 2. The maximum Gasteiger partial charge on any atom is 0.0721 e. The lowest BCUT2D eigenvalue weighted by molar-refractivity contribution is 0.826. The van der Waals surface area contributed by atoms with Crippen molar-refractivity contribution >= 4 is 17.0 Å². The monoisotopic (exact) mass is 248 g/mol. The zero-order valence-corrected chi connectivity index (χ0v) is 10.9. The van der Waals surface area contributed by atoms with Crippen molar-refractivity contribution in [1.29, 1.82) is 0 Å². The van der Waals surface area contributed by atoms with Crippen LogP contribution in [0.1, 0.15) is 24.2 Å². The zero-order chi connectivity index (χ0) is 13.1. The summed E-state index contributed by atoms with van der Waals surface area (Å²) in [6.45, 7) is 2.11. The summed E-state index contributed by atoms with van der Waals surface area (Å²) in [4.78, 5) is 7.71. The number of nitrogens with one attached hydrogen (secondary N) is 1. The number of aromatic nitrogens is 1. The van der Waals surface area contributed by atoms with Gasteiger partial charge in [-0.3, -0.25) is 4.99 Å². The van der Waals surface area contributed by atoms with E-state index >= 15 is 0 Å². The Balaban J connectivity index is 1.87. The maximum absolute atomic E-state index is 4.59. The lowest BCUT2D eigenvalue weighted by atomic mass is 10.0. The Labute approximate surface area is 112 Å². The van der Waals surface area contributed by atoms with E-state index in [0.29, 0.717) is 0 Å². The summed E-state index contributed by atoms with van der Waals surface area (Å²) in [6, 6.07) is 19.1. The first-order valence-corrected chi connectivity index (χ1v) is 6.48. The van der Waals surface area contributed by atoms with E-state index < -0.39 is 0 Å². The first kappa shape index (κ1) is 11.7. The van der Waals surface area contributed by atoms with E-state index in [1.807, 2.05) is 24.5 Å². The van der Waals surface area contributed by atoms with Crippen LogP contribution >= 0.6 is 0 Å². The average Bonchev–Trinajstić information content (AvgIpc) is 2.97. The van der Waals surface area contributed by atoms with Crippen molar-refractivity contribution < 1.29 is 0 Å². The standard InChI is InChI=1S/C17H16N2/c1-13(19-12-17-7-4-10-18-17)15-9-8-14-5-2-3-6-16(14)11-15/h2-13,18H,1H3/t13-/m1/s1. The van der Waals surface area contributed by atoms with Gasteiger partial charge in [0.15, 0.2) is 0 Å². The lowest BCUT2D eigenvalue weighted by Crippen LogP contribution is -1.91. The molecule has 0 aliphatic rings. The molecule has 0 radical (unpaired) electrons. The Bertz CT molecular complexity index is 696. The number of fused-ring (bicyclic) bond motifs is 1. The number of hydrogen-bond acceptors (Lipinski definition) is 1. The van der Waals surface area contributed by atoms with Crippen LogP contribution in [-0.2, 0) is 0 Å². The van der Waals surface area contributed by atoms with Crippen LogP contribution in [0.5, 0.6) is 0 Å². The smallest absolute Gasteiger partial charge is 0.0721 e. The molecule has 0 spiro atoms. The second-order valence-electron chi connectivity index (χ2n) is 4.69. The van der Waals surface area contributed by atoms with Gasteiger partial charge in [0.25, 0.3) is 0 Å². The largest absolute Gasteiger partial charge is 0.360 e. The number of aliphatic imine (C=N–C) groups is 1. The molecule has 0 aliphatic carbocycles. The lowest BCUT2D eigenvalue weighted by Gasteiger charge is -2.08. The van der Waals surface area contributed by atoms with Crippen molar-refractivity contribution in [1.82, 2.24) is 4.98 Å². The molecule has 2 heteroatoms.